The van der Waals surface area contributed by atoms with Crippen molar-refractivity contribution in [3.05, 3.63) is 81.9 Å². The van der Waals surface area contributed by atoms with Crippen molar-refractivity contribution in [2.24, 2.45) is 0 Å². The number of aromatic nitrogens is 2. The molecule has 0 spiro atoms. The lowest BCUT2D eigenvalue weighted by atomic mass is 9.89. The summed E-state index contributed by atoms with van der Waals surface area (Å²) in [5.74, 6) is -0.345. The molecule has 2 saturated heterocycles. The summed E-state index contributed by atoms with van der Waals surface area (Å²) in [6.45, 7) is 2.35. The lowest BCUT2D eigenvalue weighted by Crippen LogP contribution is -2.43. The van der Waals surface area contributed by atoms with Crippen molar-refractivity contribution >= 4 is 28.4 Å². The number of benzene rings is 3. The summed E-state index contributed by atoms with van der Waals surface area (Å²) in [5.41, 5.74) is 3.30. The van der Waals surface area contributed by atoms with Gasteiger partial charge in [-0.2, -0.15) is 0 Å². The number of rotatable bonds is 8. The maximum Gasteiger partial charge on any atom is 0.262 e. The maximum atomic E-state index is 15.0. The monoisotopic (exact) mass is 613 g/mol. The first-order valence-electron chi connectivity index (χ1n) is 15.1. The molecule has 0 saturated carbocycles. The van der Waals surface area contributed by atoms with Crippen LogP contribution in [0.4, 0.5) is 10.1 Å². The Labute approximate surface area is 260 Å². The standard InChI is InChI=1S/C34H36FN5O5/c1-39(19-20-4-9-25(27(35)16-20)26-10-11-30(41)37-33(26)42)22-12-14-40(15-13-22)23-7-5-21(6-8-23)32-36-28-17-24(44-2)18-29(45-3)31(28)34(43)38-32/h4-9,16-18,22,26H,10-15,19H2,1-3H3,(H,36,38,43)(H,37,41,42). The van der Waals surface area contributed by atoms with Gasteiger partial charge in [-0.25, -0.2) is 9.37 Å². The Balaban J connectivity index is 1.07. The van der Waals surface area contributed by atoms with Crippen molar-refractivity contribution in [1.82, 2.24) is 20.2 Å². The molecule has 1 atom stereocenters. The van der Waals surface area contributed by atoms with Crippen molar-refractivity contribution in [3.8, 4) is 22.9 Å². The van der Waals surface area contributed by atoms with Crippen LogP contribution in [0.1, 0.15) is 42.7 Å². The number of fused-ring (bicyclic) bond motifs is 1. The summed E-state index contributed by atoms with van der Waals surface area (Å²) in [5, 5.41) is 2.68. The van der Waals surface area contributed by atoms with Gasteiger partial charge in [0.1, 0.15) is 28.5 Å². The van der Waals surface area contributed by atoms with Crippen LogP contribution in [0.25, 0.3) is 22.3 Å². The van der Waals surface area contributed by atoms with Crippen molar-refractivity contribution in [2.45, 2.75) is 44.2 Å². The van der Waals surface area contributed by atoms with Gasteiger partial charge in [0.25, 0.3) is 5.56 Å². The van der Waals surface area contributed by atoms with Crippen LogP contribution in [-0.2, 0) is 16.1 Å². The number of hydrogen-bond donors (Lipinski definition) is 2. The minimum atomic E-state index is -0.632. The van der Waals surface area contributed by atoms with Gasteiger partial charge in [0.05, 0.1) is 25.7 Å². The third-order valence-electron chi connectivity index (χ3n) is 8.91. The first-order chi connectivity index (χ1) is 21.7. The summed E-state index contributed by atoms with van der Waals surface area (Å²) >= 11 is 0. The number of nitrogens with zero attached hydrogens (tertiary/aromatic N) is 3. The molecule has 1 unspecified atom stereocenters. The number of piperidine rings is 2. The third kappa shape index (κ3) is 6.26. The van der Waals surface area contributed by atoms with Gasteiger partial charge in [0, 0.05) is 61.0 Å². The highest BCUT2D eigenvalue weighted by Gasteiger charge is 2.30. The fraction of sp³-hybridized carbons (Fsp3) is 0.353. The van der Waals surface area contributed by atoms with Crippen LogP contribution >= 0.6 is 0 Å². The molecule has 45 heavy (non-hydrogen) atoms. The van der Waals surface area contributed by atoms with Crippen molar-refractivity contribution in [2.75, 3.05) is 39.3 Å². The molecule has 10 nitrogen and oxygen atoms in total. The van der Waals surface area contributed by atoms with Gasteiger partial charge < -0.3 is 19.4 Å². The van der Waals surface area contributed by atoms with E-state index >= 15 is 4.39 Å². The van der Waals surface area contributed by atoms with Gasteiger partial charge in [0.2, 0.25) is 11.8 Å². The number of anilines is 1. The number of aromatic amines is 1. The maximum absolute atomic E-state index is 15.0. The van der Waals surface area contributed by atoms with E-state index in [1.165, 1.54) is 13.2 Å². The molecule has 2 aliphatic rings. The minimum Gasteiger partial charge on any atom is -0.497 e. The number of ether oxygens (including phenoxy) is 2. The number of halogens is 1. The van der Waals surface area contributed by atoms with Crippen LogP contribution in [0, 0.1) is 5.82 Å². The number of methoxy groups -OCH3 is 2. The average Bonchev–Trinajstić information content (AvgIpc) is 3.04. The molecule has 3 heterocycles. The van der Waals surface area contributed by atoms with E-state index in [-0.39, 0.29) is 17.9 Å². The van der Waals surface area contributed by atoms with E-state index in [4.69, 9.17) is 9.47 Å². The van der Waals surface area contributed by atoms with E-state index in [0.29, 0.717) is 52.8 Å². The molecule has 3 aromatic carbocycles. The Kier molecular flexibility index (Phi) is 8.53. The fourth-order valence-electron chi connectivity index (χ4n) is 6.38. The molecule has 6 rings (SSSR count). The Morgan fingerprint density at radius 3 is 2.40 bits per heavy atom. The summed E-state index contributed by atoms with van der Waals surface area (Å²) in [7, 11) is 5.12. The number of amides is 2. The average molecular weight is 614 g/mol. The van der Waals surface area contributed by atoms with E-state index in [9.17, 15) is 14.4 Å². The zero-order chi connectivity index (χ0) is 31.7. The zero-order valence-corrected chi connectivity index (χ0v) is 25.6. The summed E-state index contributed by atoms with van der Waals surface area (Å²) in [4.78, 5) is 48.7. The van der Waals surface area contributed by atoms with Crippen LogP contribution in [0.5, 0.6) is 11.5 Å². The molecule has 0 radical (unpaired) electrons. The van der Waals surface area contributed by atoms with E-state index in [0.717, 1.165) is 42.7 Å². The topological polar surface area (TPSA) is 117 Å². The number of carbonyl (C=O) groups is 2. The number of carbonyl (C=O) groups excluding carboxylic acids is 2. The molecule has 0 bridgehead atoms. The lowest BCUT2D eigenvalue weighted by molar-refractivity contribution is -0.134. The second-order valence-corrected chi connectivity index (χ2v) is 11.7. The summed E-state index contributed by atoms with van der Waals surface area (Å²) in [6, 6.07) is 16.8. The molecule has 2 fully saturated rings. The molecule has 1 aromatic heterocycles. The smallest absolute Gasteiger partial charge is 0.262 e. The van der Waals surface area contributed by atoms with Gasteiger partial charge >= 0.3 is 0 Å². The van der Waals surface area contributed by atoms with Crippen LogP contribution < -0.4 is 25.2 Å². The molecule has 2 N–H and O–H groups in total. The van der Waals surface area contributed by atoms with E-state index < -0.39 is 17.6 Å². The van der Waals surface area contributed by atoms with Gasteiger partial charge in [-0.1, -0.05) is 12.1 Å². The Morgan fingerprint density at radius 1 is 0.978 bits per heavy atom. The van der Waals surface area contributed by atoms with Gasteiger partial charge in [0.15, 0.2) is 0 Å². The zero-order valence-electron chi connectivity index (χ0n) is 25.6. The predicted molar refractivity (Wildman–Crippen MR) is 169 cm³/mol. The van der Waals surface area contributed by atoms with Crippen LogP contribution in [-0.4, -0.2) is 67.1 Å². The summed E-state index contributed by atoms with van der Waals surface area (Å²) < 4.78 is 25.7. The molecule has 4 aromatic rings. The Bertz CT molecular complexity index is 1800. The molecular formula is C34H36FN5O5. The van der Waals surface area contributed by atoms with Crippen LogP contribution in [0.2, 0.25) is 0 Å². The number of H-pyrrole nitrogens is 1. The van der Waals surface area contributed by atoms with E-state index in [1.807, 2.05) is 30.3 Å². The lowest BCUT2D eigenvalue weighted by Gasteiger charge is -2.38. The van der Waals surface area contributed by atoms with Crippen molar-refractivity contribution in [3.63, 3.8) is 0 Å². The highest BCUT2D eigenvalue weighted by Crippen LogP contribution is 2.31. The molecule has 11 heteroatoms. The fourth-order valence-corrected chi connectivity index (χ4v) is 6.38. The number of hydrogen-bond acceptors (Lipinski definition) is 8. The number of imide groups is 1. The number of nitrogens with one attached hydrogen (secondary N) is 2. The SMILES string of the molecule is COc1cc(OC)c2c(=O)[nH]c(-c3ccc(N4CCC(N(C)Cc5ccc(C6CCC(=O)NC6=O)c(F)c5)CC4)cc3)nc2c1. The van der Waals surface area contributed by atoms with Crippen molar-refractivity contribution < 1.29 is 23.5 Å². The van der Waals surface area contributed by atoms with Crippen molar-refractivity contribution in [1.29, 1.82) is 0 Å². The summed E-state index contributed by atoms with van der Waals surface area (Å²) in [6.07, 6.45) is 2.46. The van der Waals surface area contributed by atoms with Gasteiger partial charge in [-0.15, -0.1) is 0 Å². The van der Waals surface area contributed by atoms with Crippen LogP contribution in [0.3, 0.4) is 0 Å². The minimum absolute atomic E-state index is 0.220. The first kappa shape index (κ1) is 30.3. The Morgan fingerprint density at radius 2 is 1.73 bits per heavy atom. The first-order valence-corrected chi connectivity index (χ1v) is 15.1. The van der Waals surface area contributed by atoms with E-state index in [2.05, 4.69) is 32.1 Å². The third-order valence-corrected chi connectivity index (χ3v) is 8.91. The predicted octanol–water partition coefficient (Wildman–Crippen LogP) is 4.37. The molecule has 0 aliphatic carbocycles. The highest BCUT2D eigenvalue weighted by molar-refractivity contribution is 6.01. The normalized spacial score (nSPS) is 17.5. The molecule has 2 amide bonds. The quantitative estimate of drug-likeness (QED) is 0.282. The molecular weight excluding hydrogens is 577 g/mol. The molecule has 2 aliphatic heterocycles. The van der Waals surface area contributed by atoms with E-state index in [1.54, 1.807) is 25.3 Å². The second-order valence-electron chi connectivity index (χ2n) is 11.7. The Hall–Kier alpha value is -4.77. The molecule has 234 valence electrons. The van der Waals surface area contributed by atoms with Crippen LogP contribution in [0.15, 0.2) is 59.4 Å². The van der Waals surface area contributed by atoms with Gasteiger partial charge in [-0.3, -0.25) is 24.6 Å². The highest BCUT2D eigenvalue weighted by atomic mass is 19.1. The largest absolute Gasteiger partial charge is 0.497 e. The second kappa shape index (κ2) is 12.7. The van der Waals surface area contributed by atoms with Gasteiger partial charge in [-0.05, 0) is 62.2 Å².